The maximum atomic E-state index is 13.1. The van der Waals surface area contributed by atoms with Crippen LogP contribution in [0.5, 0.6) is 0 Å². The van der Waals surface area contributed by atoms with E-state index in [1.807, 2.05) is 24.3 Å². The smallest absolute Gasteiger partial charge is 0.270 e. The average Bonchev–Trinajstić information content (AvgIpc) is 3.16. The third-order valence-electron chi connectivity index (χ3n) is 5.73. The molecule has 3 aliphatic heterocycles. The van der Waals surface area contributed by atoms with E-state index in [1.165, 1.54) is 0 Å². The van der Waals surface area contributed by atoms with Crippen molar-refractivity contribution in [2.45, 2.75) is 50.5 Å². The Morgan fingerprint density at radius 3 is 2.85 bits per heavy atom. The monoisotopic (exact) mass is 354 g/mol. The van der Waals surface area contributed by atoms with E-state index in [1.54, 1.807) is 4.90 Å². The van der Waals surface area contributed by atoms with Crippen LogP contribution in [-0.4, -0.2) is 40.9 Å². The first-order chi connectivity index (χ1) is 12.6. The van der Waals surface area contributed by atoms with Crippen molar-refractivity contribution >= 4 is 29.1 Å². The highest BCUT2D eigenvalue weighted by Gasteiger charge is 2.58. The zero-order valence-electron chi connectivity index (χ0n) is 14.7. The normalized spacial score (nSPS) is 27.2. The first kappa shape index (κ1) is 16.8. The maximum absolute atomic E-state index is 13.1. The third-order valence-corrected chi connectivity index (χ3v) is 5.73. The molecule has 3 amide bonds. The second kappa shape index (κ2) is 6.23. The number of anilines is 1. The van der Waals surface area contributed by atoms with Gasteiger partial charge in [0.1, 0.15) is 5.71 Å². The molecule has 136 valence electrons. The van der Waals surface area contributed by atoms with Crippen LogP contribution in [0.25, 0.3) is 0 Å². The number of likely N-dealkylation sites (tertiary alicyclic amines) is 1. The van der Waals surface area contributed by atoms with Crippen LogP contribution >= 0.6 is 0 Å². The maximum Gasteiger partial charge on any atom is 0.270 e. The Morgan fingerprint density at radius 2 is 2.12 bits per heavy atom. The number of nitrogens with one attached hydrogen (secondary N) is 2. The van der Waals surface area contributed by atoms with Gasteiger partial charge in [0.15, 0.2) is 0 Å². The number of hydrogen-bond donors (Lipinski definition) is 2. The molecule has 0 radical (unpaired) electrons. The summed E-state index contributed by atoms with van der Waals surface area (Å²) in [6, 6.07) is 7.54. The third kappa shape index (κ3) is 2.34. The van der Waals surface area contributed by atoms with Crippen molar-refractivity contribution in [3.8, 4) is 0 Å². The van der Waals surface area contributed by atoms with E-state index in [2.05, 4.69) is 22.8 Å². The zero-order chi connectivity index (χ0) is 18.3. The van der Waals surface area contributed by atoms with Crippen molar-refractivity contribution in [2.24, 2.45) is 5.10 Å². The first-order valence-corrected chi connectivity index (χ1v) is 9.15. The molecule has 3 aliphatic rings. The SMILES string of the molecule is CCC[C@@H]1N(C(=O)C2=NNC(=O)CC2)CC[C@@]12C(=O)Nc1ccccc12. The molecule has 2 atom stereocenters. The summed E-state index contributed by atoms with van der Waals surface area (Å²) in [6.45, 7) is 2.57. The minimum atomic E-state index is -0.694. The lowest BCUT2D eigenvalue weighted by atomic mass is 9.73. The van der Waals surface area contributed by atoms with E-state index in [4.69, 9.17) is 0 Å². The van der Waals surface area contributed by atoms with E-state index in [0.29, 0.717) is 25.1 Å². The number of para-hydroxylation sites is 1. The van der Waals surface area contributed by atoms with Crippen molar-refractivity contribution in [3.63, 3.8) is 0 Å². The van der Waals surface area contributed by atoms with Gasteiger partial charge in [0, 0.05) is 25.1 Å². The van der Waals surface area contributed by atoms with E-state index in [0.717, 1.165) is 24.1 Å². The Kier molecular flexibility index (Phi) is 4.01. The van der Waals surface area contributed by atoms with Crippen LogP contribution in [0.3, 0.4) is 0 Å². The summed E-state index contributed by atoms with van der Waals surface area (Å²) >= 11 is 0. The van der Waals surface area contributed by atoms with E-state index in [9.17, 15) is 14.4 Å². The molecule has 7 nitrogen and oxygen atoms in total. The molecule has 7 heteroatoms. The minimum Gasteiger partial charge on any atom is -0.333 e. The molecule has 0 saturated carbocycles. The lowest BCUT2D eigenvalue weighted by Crippen LogP contribution is -2.50. The van der Waals surface area contributed by atoms with Crippen molar-refractivity contribution in [2.75, 3.05) is 11.9 Å². The highest BCUT2D eigenvalue weighted by Crippen LogP contribution is 2.49. The topological polar surface area (TPSA) is 90.9 Å². The molecular weight excluding hydrogens is 332 g/mol. The standard InChI is InChI=1S/C19H22N4O3/c1-2-5-15-19(12-6-3-4-7-13(12)20-18(19)26)10-11-23(15)17(25)14-8-9-16(24)22-21-14/h3-4,6-7,15H,2,5,8-11H2,1H3,(H,20,26)(H,22,24)/t15-,19-/m0/s1. The number of hydrazone groups is 1. The van der Waals surface area contributed by atoms with Gasteiger partial charge in [0.25, 0.3) is 5.91 Å². The van der Waals surface area contributed by atoms with Crippen molar-refractivity contribution in [1.82, 2.24) is 10.3 Å². The van der Waals surface area contributed by atoms with Gasteiger partial charge in [-0.3, -0.25) is 14.4 Å². The van der Waals surface area contributed by atoms with Gasteiger partial charge < -0.3 is 10.2 Å². The van der Waals surface area contributed by atoms with Crippen LogP contribution in [-0.2, 0) is 19.8 Å². The van der Waals surface area contributed by atoms with Gasteiger partial charge in [-0.05, 0) is 24.5 Å². The van der Waals surface area contributed by atoms with Crippen LogP contribution in [0.2, 0.25) is 0 Å². The van der Waals surface area contributed by atoms with Crippen LogP contribution in [0, 0.1) is 0 Å². The number of benzene rings is 1. The van der Waals surface area contributed by atoms with Gasteiger partial charge in [-0.1, -0.05) is 31.5 Å². The molecule has 4 rings (SSSR count). The van der Waals surface area contributed by atoms with Gasteiger partial charge in [-0.15, -0.1) is 0 Å². The van der Waals surface area contributed by atoms with E-state index >= 15 is 0 Å². The van der Waals surface area contributed by atoms with Gasteiger partial charge >= 0.3 is 0 Å². The van der Waals surface area contributed by atoms with Crippen LogP contribution in [0.4, 0.5) is 5.69 Å². The summed E-state index contributed by atoms with van der Waals surface area (Å²) in [7, 11) is 0. The highest BCUT2D eigenvalue weighted by molar-refractivity contribution is 6.39. The molecule has 0 aliphatic carbocycles. The largest absolute Gasteiger partial charge is 0.333 e. The summed E-state index contributed by atoms with van der Waals surface area (Å²) in [5.74, 6) is -0.363. The molecular formula is C19H22N4O3. The van der Waals surface area contributed by atoms with Gasteiger partial charge in [-0.2, -0.15) is 5.10 Å². The molecule has 0 bridgehead atoms. The number of rotatable bonds is 3. The molecule has 26 heavy (non-hydrogen) atoms. The highest BCUT2D eigenvalue weighted by atomic mass is 16.2. The Labute approximate surface area is 151 Å². The summed E-state index contributed by atoms with van der Waals surface area (Å²) in [6.07, 6.45) is 2.83. The lowest BCUT2D eigenvalue weighted by Gasteiger charge is -2.34. The summed E-state index contributed by atoms with van der Waals surface area (Å²) in [4.78, 5) is 39.2. The van der Waals surface area contributed by atoms with Crippen molar-refractivity contribution in [1.29, 1.82) is 0 Å². The van der Waals surface area contributed by atoms with Gasteiger partial charge in [0.05, 0.1) is 11.5 Å². The zero-order valence-corrected chi connectivity index (χ0v) is 14.7. The number of fused-ring (bicyclic) bond motifs is 2. The average molecular weight is 354 g/mol. The minimum absolute atomic E-state index is 0.0219. The van der Waals surface area contributed by atoms with E-state index < -0.39 is 5.41 Å². The second-order valence-electron chi connectivity index (χ2n) is 7.12. The first-order valence-electron chi connectivity index (χ1n) is 9.15. The molecule has 1 fully saturated rings. The number of nitrogens with zero attached hydrogens (tertiary/aromatic N) is 2. The fraction of sp³-hybridized carbons (Fsp3) is 0.474. The summed E-state index contributed by atoms with van der Waals surface area (Å²) in [5, 5.41) is 6.95. The molecule has 1 saturated heterocycles. The molecule has 3 heterocycles. The summed E-state index contributed by atoms with van der Waals surface area (Å²) in [5.41, 5.74) is 3.89. The Hall–Kier alpha value is -2.70. The van der Waals surface area contributed by atoms with Crippen LogP contribution < -0.4 is 10.7 Å². The Bertz CT molecular complexity index is 819. The Morgan fingerprint density at radius 1 is 1.31 bits per heavy atom. The quantitative estimate of drug-likeness (QED) is 0.863. The second-order valence-corrected chi connectivity index (χ2v) is 7.12. The number of carbonyl (C=O) groups excluding carboxylic acids is 3. The van der Waals surface area contributed by atoms with Crippen LogP contribution in [0.15, 0.2) is 29.4 Å². The molecule has 1 aromatic rings. The predicted molar refractivity (Wildman–Crippen MR) is 96.6 cm³/mol. The van der Waals surface area contributed by atoms with Gasteiger partial charge in [-0.25, -0.2) is 5.43 Å². The number of hydrogen-bond acceptors (Lipinski definition) is 4. The molecule has 1 spiro atoms. The number of carbonyl (C=O) groups is 3. The number of amides is 3. The summed E-state index contributed by atoms with van der Waals surface area (Å²) < 4.78 is 0. The van der Waals surface area contributed by atoms with Crippen LogP contribution in [0.1, 0.15) is 44.6 Å². The van der Waals surface area contributed by atoms with Crippen molar-refractivity contribution in [3.05, 3.63) is 29.8 Å². The van der Waals surface area contributed by atoms with Gasteiger partial charge in [0.2, 0.25) is 11.8 Å². The molecule has 0 aromatic heterocycles. The molecule has 1 aromatic carbocycles. The Balaban J connectivity index is 1.70. The molecule has 2 N–H and O–H groups in total. The lowest BCUT2D eigenvalue weighted by molar-refractivity contribution is -0.127. The van der Waals surface area contributed by atoms with E-state index in [-0.39, 0.29) is 30.2 Å². The van der Waals surface area contributed by atoms with Crippen molar-refractivity contribution < 1.29 is 14.4 Å². The fourth-order valence-electron chi connectivity index (χ4n) is 4.51. The molecule has 0 unspecified atom stereocenters. The fourth-order valence-corrected chi connectivity index (χ4v) is 4.51. The predicted octanol–water partition coefficient (Wildman–Crippen LogP) is 1.54.